The van der Waals surface area contributed by atoms with E-state index in [0.29, 0.717) is 12.8 Å². The quantitative estimate of drug-likeness (QED) is 0.0116. The van der Waals surface area contributed by atoms with Crippen molar-refractivity contribution in [3.05, 3.63) is 109 Å². The van der Waals surface area contributed by atoms with Crippen LogP contribution < -0.4 is 0 Å². The van der Waals surface area contributed by atoms with Crippen molar-refractivity contribution in [1.82, 2.24) is 0 Å². The van der Waals surface area contributed by atoms with E-state index in [0.717, 1.165) is 89.9 Å². The molecule has 0 aliphatic heterocycles. The van der Waals surface area contributed by atoms with Gasteiger partial charge in [0.1, 0.15) is 43.2 Å². The molecule has 0 heterocycles. The molecule has 0 amide bonds. The summed E-state index contributed by atoms with van der Waals surface area (Å²) in [5.41, 5.74) is 0. The van der Waals surface area contributed by atoms with Gasteiger partial charge < -0.3 is 39.9 Å². The second kappa shape index (κ2) is 37.8. The average Bonchev–Trinajstić information content (AvgIpc) is 3.26. The predicted molar refractivity (Wildman–Crippen MR) is 248 cm³/mol. The van der Waals surface area contributed by atoms with Crippen LogP contribution in [0.5, 0.6) is 0 Å². The van der Waals surface area contributed by atoms with Gasteiger partial charge in [0.05, 0.1) is 6.61 Å². The maximum Gasteiger partial charge on any atom is 0.472 e. The van der Waals surface area contributed by atoms with Gasteiger partial charge in [0.2, 0.25) is 0 Å². The van der Waals surface area contributed by atoms with E-state index in [2.05, 4.69) is 86.8 Å². The van der Waals surface area contributed by atoms with Crippen molar-refractivity contribution in [2.45, 2.75) is 172 Å². The fourth-order valence-corrected chi connectivity index (χ4v) is 7.06. The molecule has 0 spiro atoms. The molecule has 0 aromatic heterocycles. The van der Waals surface area contributed by atoms with Gasteiger partial charge in [-0.15, -0.1) is 0 Å². The lowest BCUT2D eigenvalue weighted by Gasteiger charge is -2.41. The summed E-state index contributed by atoms with van der Waals surface area (Å²) in [5.74, 6) is -1.18. The highest BCUT2D eigenvalue weighted by Gasteiger charge is 2.51. The SMILES string of the molecule is CC/C=C/C=C/C=C/C=C/CCCCCCCC(=O)OC[C@H](COP(=O)(O)OC1C(O)C(O)C(O)[C@@H](O)C1O)OC(=O)CCCCC/C=C/C/C=C/C/C=C/C/C=C/C/C=C/CC. The second-order valence-corrected chi connectivity index (χ2v) is 16.6. The van der Waals surface area contributed by atoms with Crippen LogP contribution in [0.1, 0.15) is 129 Å². The van der Waals surface area contributed by atoms with Gasteiger partial charge in [-0.05, 0) is 77.0 Å². The summed E-state index contributed by atoms with van der Waals surface area (Å²) in [6.45, 7) is 2.98. The summed E-state index contributed by atoms with van der Waals surface area (Å²) in [5, 5.41) is 50.1. The summed E-state index contributed by atoms with van der Waals surface area (Å²) >= 11 is 0. The Morgan fingerprint density at radius 2 is 0.937 bits per heavy atom. The maximum absolute atomic E-state index is 12.8. The van der Waals surface area contributed by atoms with Crippen molar-refractivity contribution in [3.8, 4) is 0 Å². The van der Waals surface area contributed by atoms with Gasteiger partial charge in [0.15, 0.2) is 6.10 Å². The third-order valence-corrected chi connectivity index (χ3v) is 10.7. The third kappa shape index (κ3) is 30.3. The Morgan fingerprint density at radius 3 is 1.51 bits per heavy atom. The van der Waals surface area contributed by atoms with Gasteiger partial charge in [-0.2, -0.15) is 0 Å². The van der Waals surface area contributed by atoms with E-state index in [4.69, 9.17) is 18.5 Å². The number of carbonyl (C=O) groups is 2. The summed E-state index contributed by atoms with van der Waals surface area (Å²) < 4.78 is 33.5. The zero-order valence-electron chi connectivity index (χ0n) is 37.6. The van der Waals surface area contributed by atoms with Gasteiger partial charge in [-0.3, -0.25) is 18.6 Å². The number of aliphatic hydroxyl groups excluding tert-OH is 5. The Hall–Kier alpha value is -3.49. The second-order valence-electron chi connectivity index (χ2n) is 15.2. The molecule has 1 aliphatic carbocycles. The molecule has 1 fully saturated rings. The highest BCUT2D eigenvalue weighted by Crippen LogP contribution is 2.47. The highest BCUT2D eigenvalue weighted by atomic mass is 31.2. The van der Waals surface area contributed by atoms with Crippen LogP contribution in [0.25, 0.3) is 0 Å². The zero-order valence-corrected chi connectivity index (χ0v) is 38.5. The molecule has 6 unspecified atom stereocenters. The summed E-state index contributed by atoms with van der Waals surface area (Å²) in [4.78, 5) is 35.7. The molecule has 1 rings (SSSR count). The molecule has 0 radical (unpaired) electrons. The number of rotatable bonds is 35. The number of phosphoric acid groups is 1. The summed E-state index contributed by atoms with van der Waals surface area (Å²) in [6, 6.07) is 0. The molecule has 14 heteroatoms. The van der Waals surface area contributed by atoms with Crippen molar-refractivity contribution in [3.63, 3.8) is 0 Å². The standard InChI is InChI=1S/C49H77O13P/c1-3-5-7-9-11-13-15-17-19-20-21-22-24-26-28-30-32-34-36-38-43(51)61-41(40-60-63(57,58)62-49-47(55)45(53)44(52)46(54)48(49)56)39-59-42(50)37-35-33-31-29-27-25-23-18-16-14-12-10-8-6-4-2/h5-8,10-14,16-19,21-23,26,28,41,44-49,52-56H,3-4,9,15,20,24-25,27,29-40H2,1-2H3,(H,57,58)/b7-5+,8-6+,12-10+,13-11+,16-14+,19-17+,22-21+,23-18+,28-26+/t41-,44?,45-,46?,47?,48?,49?/m1/s1. The smallest absolute Gasteiger partial charge is 0.462 e. The minimum atomic E-state index is -5.14. The van der Waals surface area contributed by atoms with Crippen LogP contribution >= 0.6 is 7.82 Å². The van der Waals surface area contributed by atoms with E-state index in [1.807, 2.05) is 36.5 Å². The maximum atomic E-state index is 12.8. The molecular weight excluding hydrogens is 827 g/mol. The molecule has 1 saturated carbocycles. The molecule has 63 heavy (non-hydrogen) atoms. The lowest BCUT2D eigenvalue weighted by molar-refractivity contribution is -0.220. The van der Waals surface area contributed by atoms with E-state index < -0.39 is 75.7 Å². The molecular formula is C49H77O13P. The van der Waals surface area contributed by atoms with Crippen LogP contribution in [0.15, 0.2) is 109 Å². The lowest BCUT2D eigenvalue weighted by atomic mass is 9.85. The summed E-state index contributed by atoms with van der Waals surface area (Å²) in [7, 11) is -5.14. The first-order valence-corrected chi connectivity index (χ1v) is 24.2. The lowest BCUT2D eigenvalue weighted by Crippen LogP contribution is -2.64. The number of allylic oxidation sites excluding steroid dienone is 18. The molecule has 8 atom stereocenters. The van der Waals surface area contributed by atoms with Crippen molar-refractivity contribution in [2.24, 2.45) is 0 Å². The van der Waals surface area contributed by atoms with Crippen LogP contribution in [-0.4, -0.2) is 98.3 Å². The predicted octanol–water partition coefficient (Wildman–Crippen LogP) is 8.83. The molecule has 0 saturated heterocycles. The number of aliphatic hydroxyl groups is 5. The first-order chi connectivity index (χ1) is 30.4. The van der Waals surface area contributed by atoms with Crippen molar-refractivity contribution in [1.29, 1.82) is 0 Å². The fourth-order valence-electron chi connectivity index (χ4n) is 6.09. The molecule has 356 valence electrons. The van der Waals surface area contributed by atoms with E-state index in [1.54, 1.807) is 0 Å². The number of esters is 2. The van der Waals surface area contributed by atoms with Crippen LogP contribution in [-0.2, 0) is 32.7 Å². The Bertz CT molecular complexity index is 1510. The first kappa shape index (κ1) is 57.5. The number of phosphoric ester groups is 1. The van der Waals surface area contributed by atoms with Crippen molar-refractivity contribution >= 4 is 19.8 Å². The molecule has 0 bridgehead atoms. The minimum absolute atomic E-state index is 0.0444. The number of ether oxygens (including phenoxy) is 2. The highest BCUT2D eigenvalue weighted by molar-refractivity contribution is 7.47. The fraction of sp³-hybridized carbons (Fsp3) is 0.592. The van der Waals surface area contributed by atoms with E-state index in [9.17, 15) is 44.6 Å². The molecule has 6 N–H and O–H groups in total. The van der Waals surface area contributed by atoms with Crippen molar-refractivity contribution in [2.75, 3.05) is 13.2 Å². The molecule has 1 aliphatic rings. The average molecular weight is 905 g/mol. The zero-order chi connectivity index (χ0) is 46.4. The monoisotopic (exact) mass is 905 g/mol. The Balaban J connectivity index is 2.52. The van der Waals surface area contributed by atoms with Gasteiger partial charge >= 0.3 is 19.8 Å². The van der Waals surface area contributed by atoms with Gasteiger partial charge in [0.25, 0.3) is 0 Å². The summed E-state index contributed by atoms with van der Waals surface area (Å²) in [6.07, 6.45) is 38.5. The Morgan fingerprint density at radius 1 is 0.508 bits per heavy atom. The van der Waals surface area contributed by atoms with Crippen LogP contribution in [0.3, 0.4) is 0 Å². The third-order valence-electron chi connectivity index (χ3n) is 9.70. The van der Waals surface area contributed by atoms with E-state index in [1.165, 1.54) is 0 Å². The number of unbranched alkanes of at least 4 members (excludes halogenated alkanes) is 8. The van der Waals surface area contributed by atoms with Crippen LogP contribution in [0.4, 0.5) is 0 Å². The van der Waals surface area contributed by atoms with Crippen molar-refractivity contribution < 1.29 is 63.1 Å². The topological polar surface area (TPSA) is 210 Å². The largest absolute Gasteiger partial charge is 0.472 e. The molecule has 0 aromatic rings. The number of hydrogen-bond acceptors (Lipinski definition) is 12. The first-order valence-electron chi connectivity index (χ1n) is 22.7. The molecule has 13 nitrogen and oxygen atoms in total. The van der Waals surface area contributed by atoms with E-state index >= 15 is 0 Å². The van der Waals surface area contributed by atoms with Gasteiger partial charge in [-0.1, -0.05) is 149 Å². The minimum Gasteiger partial charge on any atom is -0.462 e. The Labute approximate surface area is 376 Å². The Kier molecular flexibility index (Phi) is 34.6. The number of carbonyl (C=O) groups excluding carboxylic acids is 2. The van der Waals surface area contributed by atoms with Gasteiger partial charge in [-0.25, -0.2) is 4.57 Å². The normalized spacial score (nSPS) is 22.7. The molecule has 0 aromatic carbocycles. The van der Waals surface area contributed by atoms with Crippen LogP contribution in [0, 0.1) is 0 Å². The van der Waals surface area contributed by atoms with Crippen LogP contribution in [0.2, 0.25) is 0 Å². The number of hydrogen-bond donors (Lipinski definition) is 6. The van der Waals surface area contributed by atoms with Gasteiger partial charge in [0, 0.05) is 12.8 Å². The van der Waals surface area contributed by atoms with E-state index in [-0.39, 0.29) is 12.8 Å².